The van der Waals surface area contributed by atoms with E-state index in [4.69, 9.17) is 5.11 Å². The van der Waals surface area contributed by atoms with E-state index in [-0.39, 0.29) is 12.5 Å². The molecule has 0 bridgehead atoms. The van der Waals surface area contributed by atoms with Crippen LogP contribution in [0.3, 0.4) is 0 Å². The molecule has 1 amide bonds. The second kappa shape index (κ2) is 15.2. The first kappa shape index (κ1) is 27.3. The minimum absolute atomic E-state index is 0.00907. The summed E-state index contributed by atoms with van der Waals surface area (Å²) < 4.78 is 0.377. The van der Waals surface area contributed by atoms with E-state index in [9.17, 15) is 24.6 Å². The standard InChI is InChI=1S/C21H40N2O6/c1-4-5-6-7-8-19(25)22-11-14-23(15-16-24,12-9-17(2)20(26)27)13-10-18(3)21(28)29/h17-18,24H,4-16H2,1-3H3,(H2-,22,25,26,27,28,29). The molecular formula is C21H40N2O6. The van der Waals surface area contributed by atoms with E-state index >= 15 is 0 Å². The molecule has 3 unspecified atom stereocenters. The quantitative estimate of drug-likeness (QED) is 0.224. The van der Waals surface area contributed by atoms with Crippen molar-refractivity contribution in [1.29, 1.82) is 0 Å². The molecule has 0 spiro atoms. The molecule has 0 heterocycles. The molecule has 0 radical (unpaired) electrons. The fraction of sp³-hybridized carbons (Fsp3) is 0.857. The highest BCUT2D eigenvalue weighted by molar-refractivity contribution is 5.75. The lowest BCUT2D eigenvalue weighted by Gasteiger charge is -2.40. The van der Waals surface area contributed by atoms with E-state index in [1.165, 1.54) is 0 Å². The van der Waals surface area contributed by atoms with Crippen molar-refractivity contribution in [3.63, 3.8) is 0 Å². The van der Waals surface area contributed by atoms with E-state index in [2.05, 4.69) is 12.2 Å². The van der Waals surface area contributed by atoms with Gasteiger partial charge in [-0.15, -0.1) is 0 Å². The molecule has 29 heavy (non-hydrogen) atoms. The largest absolute Gasteiger partial charge is 0.550 e. The first-order valence-corrected chi connectivity index (χ1v) is 10.8. The molecule has 0 aliphatic rings. The summed E-state index contributed by atoms with van der Waals surface area (Å²) in [6.45, 7) is 7.55. The van der Waals surface area contributed by atoms with Crippen molar-refractivity contribution in [2.45, 2.75) is 65.7 Å². The lowest BCUT2D eigenvalue weighted by molar-refractivity contribution is -0.928. The molecule has 0 aliphatic carbocycles. The number of aliphatic hydroxyl groups excluding tert-OH is 1. The number of carbonyl (C=O) groups excluding carboxylic acids is 2. The first-order chi connectivity index (χ1) is 13.7. The smallest absolute Gasteiger partial charge is 0.306 e. The number of aliphatic hydroxyl groups is 1. The Morgan fingerprint density at radius 2 is 1.59 bits per heavy atom. The fourth-order valence-corrected chi connectivity index (χ4v) is 3.29. The Balaban J connectivity index is 4.89. The number of nitrogens with zero attached hydrogens (tertiary/aromatic N) is 1. The Bertz CT molecular complexity index is 474. The predicted octanol–water partition coefficient (Wildman–Crippen LogP) is 0.769. The Morgan fingerprint density at radius 3 is 2.10 bits per heavy atom. The van der Waals surface area contributed by atoms with Crippen LogP contribution in [0.5, 0.6) is 0 Å². The number of carbonyl (C=O) groups is 3. The SMILES string of the molecule is CCCCCCC(=O)NCC[N+](CCO)(CCC(C)C(=O)[O-])CCC(C)C(=O)O. The monoisotopic (exact) mass is 416 g/mol. The molecule has 0 aromatic heterocycles. The Kier molecular flexibility index (Phi) is 14.3. The van der Waals surface area contributed by atoms with Gasteiger partial charge in [0.15, 0.2) is 0 Å². The fourth-order valence-electron chi connectivity index (χ4n) is 3.29. The van der Waals surface area contributed by atoms with Crippen molar-refractivity contribution < 1.29 is 34.2 Å². The van der Waals surface area contributed by atoms with Crippen LogP contribution in [-0.4, -0.2) is 71.9 Å². The average Bonchev–Trinajstić information content (AvgIpc) is 2.67. The van der Waals surface area contributed by atoms with Gasteiger partial charge in [0.1, 0.15) is 6.54 Å². The third kappa shape index (κ3) is 12.5. The summed E-state index contributed by atoms with van der Waals surface area (Å²) >= 11 is 0. The van der Waals surface area contributed by atoms with E-state index < -0.39 is 23.8 Å². The molecule has 170 valence electrons. The maximum absolute atomic E-state index is 12.0. The minimum Gasteiger partial charge on any atom is -0.550 e. The topological polar surface area (TPSA) is 127 Å². The average molecular weight is 417 g/mol. The molecule has 3 atom stereocenters. The van der Waals surface area contributed by atoms with Gasteiger partial charge in [0.05, 0.1) is 38.7 Å². The van der Waals surface area contributed by atoms with Gasteiger partial charge >= 0.3 is 5.97 Å². The number of carboxylic acid groups (broad SMARTS) is 2. The Hall–Kier alpha value is -1.67. The summed E-state index contributed by atoms with van der Waals surface area (Å²) in [6, 6.07) is 0. The number of amides is 1. The molecule has 0 aromatic carbocycles. The lowest BCUT2D eigenvalue weighted by Crippen LogP contribution is -2.55. The second-order valence-corrected chi connectivity index (χ2v) is 8.16. The molecule has 0 aliphatic heterocycles. The van der Waals surface area contributed by atoms with Gasteiger partial charge in [-0.2, -0.15) is 0 Å². The van der Waals surface area contributed by atoms with Gasteiger partial charge < -0.3 is 29.9 Å². The van der Waals surface area contributed by atoms with Crippen molar-refractivity contribution in [2.75, 3.05) is 39.3 Å². The Morgan fingerprint density at radius 1 is 0.966 bits per heavy atom. The summed E-state index contributed by atoms with van der Waals surface area (Å²) in [5, 5.41) is 32.7. The Labute approximate surface area is 174 Å². The number of hydrogen-bond donors (Lipinski definition) is 3. The number of carboxylic acids is 2. The van der Waals surface area contributed by atoms with E-state index in [1.807, 2.05) is 0 Å². The number of hydrogen-bond acceptors (Lipinski definition) is 5. The van der Waals surface area contributed by atoms with Gasteiger partial charge in [-0.3, -0.25) is 9.59 Å². The van der Waals surface area contributed by atoms with Crippen LogP contribution < -0.4 is 10.4 Å². The normalized spacial score (nSPS) is 15.3. The molecule has 0 rings (SSSR count). The summed E-state index contributed by atoms with van der Waals surface area (Å²) in [5.41, 5.74) is 0. The van der Waals surface area contributed by atoms with Crippen molar-refractivity contribution >= 4 is 17.8 Å². The highest BCUT2D eigenvalue weighted by atomic mass is 16.4. The van der Waals surface area contributed by atoms with E-state index in [0.717, 1.165) is 25.7 Å². The third-order valence-corrected chi connectivity index (χ3v) is 5.64. The molecular weight excluding hydrogens is 376 g/mol. The van der Waals surface area contributed by atoms with Gasteiger partial charge in [-0.1, -0.05) is 40.0 Å². The zero-order valence-electron chi connectivity index (χ0n) is 18.3. The molecule has 0 saturated carbocycles. The van der Waals surface area contributed by atoms with Gasteiger partial charge in [0.25, 0.3) is 0 Å². The van der Waals surface area contributed by atoms with Crippen molar-refractivity contribution in [3.05, 3.63) is 0 Å². The van der Waals surface area contributed by atoms with E-state index in [1.54, 1.807) is 13.8 Å². The first-order valence-electron chi connectivity index (χ1n) is 10.8. The molecule has 0 fully saturated rings. The molecule has 0 aromatic rings. The van der Waals surface area contributed by atoms with Crippen LogP contribution in [0.2, 0.25) is 0 Å². The number of quaternary nitrogens is 1. The summed E-state index contributed by atoms with van der Waals surface area (Å²) in [4.78, 5) is 34.3. The van der Waals surface area contributed by atoms with Crippen LogP contribution in [-0.2, 0) is 14.4 Å². The maximum Gasteiger partial charge on any atom is 0.306 e. The van der Waals surface area contributed by atoms with Crippen molar-refractivity contribution in [3.8, 4) is 0 Å². The molecule has 8 nitrogen and oxygen atoms in total. The minimum atomic E-state index is -1.12. The number of aliphatic carboxylic acids is 2. The van der Waals surface area contributed by atoms with Crippen LogP contribution in [0, 0.1) is 11.8 Å². The van der Waals surface area contributed by atoms with E-state index in [0.29, 0.717) is 56.5 Å². The van der Waals surface area contributed by atoms with Crippen LogP contribution in [0.15, 0.2) is 0 Å². The van der Waals surface area contributed by atoms with Crippen LogP contribution in [0.25, 0.3) is 0 Å². The molecule has 8 heteroatoms. The van der Waals surface area contributed by atoms with Crippen LogP contribution in [0.4, 0.5) is 0 Å². The van der Waals surface area contributed by atoms with Crippen molar-refractivity contribution in [2.24, 2.45) is 11.8 Å². The predicted molar refractivity (Wildman–Crippen MR) is 109 cm³/mol. The number of nitrogens with one attached hydrogen (secondary N) is 1. The third-order valence-electron chi connectivity index (χ3n) is 5.64. The zero-order valence-corrected chi connectivity index (χ0v) is 18.3. The molecule has 3 N–H and O–H groups in total. The van der Waals surface area contributed by atoms with Crippen LogP contribution in [0.1, 0.15) is 65.7 Å². The number of unbranched alkanes of at least 4 members (excludes halogenated alkanes) is 3. The highest BCUT2D eigenvalue weighted by Crippen LogP contribution is 2.16. The van der Waals surface area contributed by atoms with Gasteiger partial charge in [-0.05, 0) is 6.42 Å². The van der Waals surface area contributed by atoms with Crippen LogP contribution >= 0.6 is 0 Å². The summed E-state index contributed by atoms with van der Waals surface area (Å²) in [5.74, 6) is -3.17. The van der Waals surface area contributed by atoms with Crippen molar-refractivity contribution in [1.82, 2.24) is 5.32 Å². The lowest BCUT2D eigenvalue weighted by atomic mass is 10.0. The summed E-state index contributed by atoms with van der Waals surface area (Å²) in [6.07, 6.45) is 5.38. The zero-order chi connectivity index (χ0) is 22.3. The maximum atomic E-state index is 12.0. The number of rotatable bonds is 18. The highest BCUT2D eigenvalue weighted by Gasteiger charge is 2.29. The molecule has 0 saturated heterocycles. The second-order valence-electron chi connectivity index (χ2n) is 8.16. The van der Waals surface area contributed by atoms with Gasteiger partial charge in [-0.25, -0.2) is 0 Å². The summed E-state index contributed by atoms with van der Waals surface area (Å²) in [7, 11) is 0. The van der Waals surface area contributed by atoms with Gasteiger partial charge in [0.2, 0.25) is 5.91 Å². The van der Waals surface area contributed by atoms with Gasteiger partial charge in [0, 0.05) is 31.1 Å².